The number of hydrogen-bond donors (Lipinski definition) is 0. The molecule has 58 valence electrons. The molecule has 0 heterocycles. The third-order valence-corrected chi connectivity index (χ3v) is 1.54. The largest absolute Gasteiger partial charge is 0.0842 e. The van der Waals surface area contributed by atoms with Gasteiger partial charge >= 0.3 is 0 Å². The molecule has 0 aromatic heterocycles. The van der Waals surface area contributed by atoms with Gasteiger partial charge in [0, 0.05) is 0 Å². The highest BCUT2D eigenvalue weighted by atomic mass is 13.8. The van der Waals surface area contributed by atoms with Gasteiger partial charge in [0.05, 0.1) is 0 Å². The molecule has 0 saturated heterocycles. The van der Waals surface area contributed by atoms with Gasteiger partial charge in [-0.05, 0) is 19.3 Å². The molecule has 0 heteroatoms. The molecule has 0 saturated carbocycles. The van der Waals surface area contributed by atoms with Crippen LogP contribution >= 0.6 is 0 Å². The van der Waals surface area contributed by atoms with Crippen molar-refractivity contribution in [2.45, 2.75) is 19.3 Å². The fourth-order valence-corrected chi connectivity index (χ4v) is 0.935. The topological polar surface area (TPSA) is 0 Å². The Bertz CT molecular complexity index is 170. The zero-order valence-electron chi connectivity index (χ0n) is 6.74. The number of hydrogen-bond acceptors (Lipinski definition) is 0. The smallest absolute Gasteiger partial charge is 0.0163 e. The second-order valence-electron chi connectivity index (χ2n) is 2.53. The molecule has 0 aromatic carbocycles. The molecule has 0 fully saturated rings. The maximum Gasteiger partial charge on any atom is -0.0163 e. The molecule has 1 rings (SSSR count). The molecule has 0 N–H and O–H groups in total. The molecule has 0 aromatic rings. The quantitative estimate of drug-likeness (QED) is 0.491. The van der Waals surface area contributed by atoms with Gasteiger partial charge in [-0.3, -0.25) is 0 Å². The van der Waals surface area contributed by atoms with Crippen molar-refractivity contribution in [3.63, 3.8) is 0 Å². The maximum atomic E-state index is 2.20. The van der Waals surface area contributed by atoms with E-state index in [0.717, 1.165) is 19.3 Å². The van der Waals surface area contributed by atoms with E-state index in [0.29, 0.717) is 0 Å². The summed E-state index contributed by atoms with van der Waals surface area (Å²) in [6.07, 6.45) is 20.5. The first kappa shape index (κ1) is 8.06. The van der Waals surface area contributed by atoms with E-state index in [1.807, 2.05) is 0 Å². The molecule has 0 bridgehead atoms. The summed E-state index contributed by atoms with van der Waals surface area (Å²) < 4.78 is 0. The summed E-state index contributed by atoms with van der Waals surface area (Å²) in [5.41, 5.74) is 0. The van der Waals surface area contributed by atoms with Gasteiger partial charge < -0.3 is 0 Å². The van der Waals surface area contributed by atoms with Gasteiger partial charge in [-0.15, -0.1) is 0 Å². The van der Waals surface area contributed by atoms with Crippen molar-refractivity contribution in [1.29, 1.82) is 0 Å². The Labute approximate surface area is 68.6 Å². The summed E-state index contributed by atoms with van der Waals surface area (Å²) in [7, 11) is 0. The summed E-state index contributed by atoms with van der Waals surface area (Å²) in [6.45, 7) is 0. The minimum absolute atomic E-state index is 1.04. The van der Waals surface area contributed by atoms with Crippen LogP contribution in [0.5, 0.6) is 0 Å². The van der Waals surface area contributed by atoms with Gasteiger partial charge in [-0.2, -0.15) is 0 Å². The second-order valence-corrected chi connectivity index (χ2v) is 2.53. The number of allylic oxidation sites excluding steroid dienone is 8. The van der Waals surface area contributed by atoms with Crippen LogP contribution in [-0.2, 0) is 0 Å². The van der Waals surface area contributed by atoms with Crippen LogP contribution in [0.25, 0.3) is 0 Å². The molecule has 1 aliphatic carbocycles. The van der Waals surface area contributed by atoms with E-state index in [1.165, 1.54) is 0 Å². The zero-order chi connectivity index (χ0) is 7.78. The molecule has 1 aliphatic rings. The van der Waals surface area contributed by atoms with E-state index < -0.39 is 0 Å². The van der Waals surface area contributed by atoms with Crippen molar-refractivity contribution in [3.05, 3.63) is 48.6 Å². The first-order valence-corrected chi connectivity index (χ1v) is 4.13. The molecule has 0 atom stereocenters. The summed E-state index contributed by atoms with van der Waals surface area (Å²) in [4.78, 5) is 0. The molecule has 11 heavy (non-hydrogen) atoms. The lowest BCUT2D eigenvalue weighted by Crippen LogP contribution is -1.61. The minimum Gasteiger partial charge on any atom is -0.0842 e. The van der Waals surface area contributed by atoms with Gasteiger partial charge in [-0.25, -0.2) is 0 Å². The third kappa shape index (κ3) is 4.38. The first-order chi connectivity index (χ1) is 5.50. The van der Waals surface area contributed by atoms with Crippen LogP contribution in [0.3, 0.4) is 0 Å². The van der Waals surface area contributed by atoms with Crippen molar-refractivity contribution >= 4 is 0 Å². The summed E-state index contributed by atoms with van der Waals surface area (Å²) in [5, 5.41) is 0. The van der Waals surface area contributed by atoms with E-state index >= 15 is 0 Å². The predicted molar refractivity (Wildman–Crippen MR) is 50.4 cm³/mol. The van der Waals surface area contributed by atoms with Crippen molar-refractivity contribution in [1.82, 2.24) is 0 Å². The van der Waals surface area contributed by atoms with E-state index in [4.69, 9.17) is 0 Å². The Kier molecular flexibility index (Phi) is 4.19. The Hall–Kier alpha value is -1.04. The highest BCUT2D eigenvalue weighted by Gasteiger charge is 1.76. The van der Waals surface area contributed by atoms with Gasteiger partial charge in [0.1, 0.15) is 0 Å². The van der Waals surface area contributed by atoms with Gasteiger partial charge in [0.25, 0.3) is 0 Å². The van der Waals surface area contributed by atoms with Crippen molar-refractivity contribution in [3.8, 4) is 0 Å². The van der Waals surface area contributed by atoms with Crippen LogP contribution in [0, 0.1) is 0 Å². The number of rotatable bonds is 0. The lowest BCUT2D eigenvalue weighted by Gasteiger charge is -1.82. The Balaban J connectivity index is 2.47. The predicted octanol–water partition coefficient (Wildman–Crippen LogP) is 3.40. The van der Waals surface area contributed by atoms with Crippen LogP contribution in [0.15, 0.2) is 48.6 Å². The highest BCUT2D eigenvalue weighted by molar-refractivity contribution is 5.10. The van der Waals surface area contributed by atoms with Crippen LogP contribution < -0.4 is 0 Å². The standard InChI is InChI=1S/C11H14/c1-2-4-6-8-10-11-9-7-5-3-1/h1-4,7,9-11H,5-6,8H2/b3-1-,4-2+,9-7+,11-10-. The average molecular weight is 146 g/mol. The van der Waals surface area contributed by atoms with Crippen LogP contribution in [0.4, 0.5) is 0 Å². The van der Waals surface area contributed by atoms with Crippen molar-refractivity contribution in [2.24, 2.45) is 0 Å². The molecule has 0 spiro atoms. The normalized spacial score (nSPS) is 29.8. The molecule has 0 radical (unpaired) electrons. The fourth-order valence-electron chi connectivity index (χ4n) is 0.935. The zero-order valence-corrected chi connectivity index (χ0v) is 6.74. The second kappa shape index (κ2) is 5.72. The molecule has 0 aliphatic heterocycles. The molecule has 0 unspecified atom stereocenters. The van der Waals surface area contributed by atoms with Gasteiger partial charge in [-0.1, -0.05) is 48.6 Å². The van der Waals surface area contributed by atoms with Crippen molar-refractivity contribution < 1.29 is 0 Å². The monoisotopic (exact) mass is 146 g/mol. The van der Waals surface area contributed by atoms with Crippen LogP contribution in [0.2, 0.25) is 0 Å². The maximum absolute atomic E-state index is 2.20. The average Bonchev–Trinajstić information content (AvgIpc) is 2.08. The SMILES string of the molecule is C1=C\CC/C=C/C=C\C/C=C/1. The van der Waals surface area contributed by atoms with Gasteiger partial charge in [0.15, 0.2) is 0 Å². The van der Waals surface area contributed by atoms with E-state index in [1.54, 1.807) is 0 Å². The lowest BCUT2D eigenvalue weighted by atomic mass is 10.2. The summed E-state index contributed by atoms with van der Waals surface area (Å²) in [5.74, 6) is 0. The van der Waals surface area contributed by atoms with E-state index in [-0.39, 0.29) is 0 Å². The molecule has 0 amide bonds. The summed E-state index contributed by atoms with van der Waals surface area (Å²) in [6, 6.07) is 0. The van der Waals surface area contributed by atoms with E-state index in [2.05, 4.69) is 48.6 Å². The fraction of sp³-hybridized carbons (Fsp3) is 0.273. The Morgan fingerprint density at radius 3 is 1.55 bits per heavy atom. The van der Waals surface area contributed by atoms with Crippen LogP contribution in [0.1, 0.15) is 19.3 Å². The van der Waals surface area contributed by atoms with Crippen molar-refractivity contribution in [2.75, 3.05) is 0 Å². The van der Waals surface area contributed by atoms with E-state index in [9.17, 15) is 0 Å². The third-order valence-electron chi connectivity index (χ3n) is 1.54. The molecular weight excluding hydrogens is 132 g/mol. The summed E-state index contributed by atoms with van der Waals surface area (Å²) >= 11 is 0. The highest BCUT2D eigenvalue weighted by Crippen LogP contribution is 1.96. The van der Waals surface area contributed by atoms with Crippen LogP contribution in [-0.4, -0.2) is 0 Å². The molecular formula is C11H14. The minimum atomic E-state index is 1.04. The first-order valence-electron chi connectivity index (χ1n) is 4.13. The Morgan fingerprint density at radius 2 is 1.00 bits per heavy atom. The Morgan fingerprint density at radius 1 is 0.545 bits per heavy atom. The lowest BCUT2D eigenvalue weighted by molar-refractivity contribution is 1.05. The molecule has 0 nitrogen and oxygen atoms in total. The van der Waals surface area contributed by atoms with Gasteiger partial charge in [0.2, 0.25) is 0 Å².